The number of aromatic nitrogens is 1. The van der Waals surface area contributed by atoms with E-state index in [2.05, 4.69) is 10.5 Å². The summed E-state index contributed by atoms with van der Waals surface area (Å²) in [6.45, 7) is 1.25. The van der Waals surface area contributed by atoms with Gasteiger partial charge in [-0.2, -0.15) is 0 Å². The van der Waals surface area contributed by atoms with Crippen LogP contribution in [0.4, 0.5) is 5.82 Å². The van der Waals surface area contributed by atoms with Gasteiger partial charge < -0.3 is 14.6 Å². The largest absolute Gasteiger partial charge is 0.456 e. The number of ketones is 1. The van der Waals surface area contributed by atoms with Gasteiger partial charge in [0.05, 0.1) is 6.42 Å². The number of esters is 1. The van der Waals surface area contributed by atoms with Crippen LogP contribution in [0, 0.1) is 6.92 Å². The van der Waals surface area contributed by atoms with Gasteiger partial charge in [0.15, 0.2) is 18.2 Å². The molecule has 0 atom stereocenters. The van der Waals surface area contributed by atoms with Gasteiger partial charge in [-0.25, -0.2) is 0 Å². The second-order valence-corrected chi connectivity index (χ2v) is 4.82. The molecule has 0 aliphatic heterocycles. The average molecular weight is 316 g/mol. The van der Waals surface area contributed by atoms with Gasteiger partial charge in [0.1, 0.15) is 5.76 Å². The third-order valence-corrected chi connectivity index (χ3v) is 2.91. The van der Waals surface area contributed by atoms with Gasteiger partial charge in [0.2, 0.25) is 0 Å². The summed E-state index contributed by atoms with van der Waals surface area (Å²) in [6.07, 6.45) is -0.0446. The normalized spacial score (nSPS) is 10.1. The van der Waals surface area contributed by atoms with E-state index < -0.39 is 18.5 Å². The summed E-state index contributed by atoms with van der Waals surface area (Å²) in [5, 5.41) is 6.00. The lowest BCUT2D eigenvalue weighted by Gasteiger charge is -2.04. The standard InChI is InChI=1S/C16H16N2O5/c1-11-9-14(18-23-11)17-15(20)10-22-16(21)8-7-13(19)12-5-3-2-4-6-12/h2-6,9H,7-8,10H2,1H3,(H,17,18,20). The zero-order chi connectivity index (χ0) is 16.7. The van der Waals surface area contributed by atoms with Crippen molar-refractivity contribution in [2.24, 2.45) is 0 Å². The fraction of sp³-hybridized carbons (Fsp3) is 0.250. The second-order valence-electron chi connectivity index (χ2n) is 4.82. The van der Waals surface area contributed by atoms with E-state index in [0.717, 1.165) is 0 Å². The number of nitrogens with one attached hydrogen (secondary N) is 1. The molecule has 0 saturated heterocycles. The van der Waals surface area contributed by atoms with Gasteiger partial charge in [0.25, 0.3) is 5.91 Å². The Kier molecular flexibility index (Phi) is 5.62. The molecular weight excluding hydrogens is 300 g/mol. The number of benzene rings is 1. The Bertz CT molecular complexity index is 694. The van der Waals surface area contributed by atoms with Crippen LogP contribution in [0.2, 0.25) is 0 Å². The summed E-state index contributed by atoms with van der Waals surface area (Å²) in [7, 11) is 0. The number of nitrogens with zero attached hydrogens (tertiary/aromatic N) is 1. The molecule has 7 heteroatoms. The molecule has 0 fully saturated rings. The van der Waals surface area contributed by atoms with E-state index in [0.29, 0.717) is 11.3 Å². The number of aryl methyl sites for hydroxylation is 1. The zero-order valence-corrected chi connectivity index (χ0v) is 12.6. The number of amides is 1. The molecule has 1 aromatic carbocycles. The van der Waals surface area contributed by atoms with Crippen molar-refractivity contribution < 1.29 is 23.6 Å². The summed E-state index contributed by atoms with van der Waals surface area (Å²) in [4.78, 5) is 34.9. The molecule has 0 saturated carbocycles. The van der Waals surface area contributed by atoms with Crippen molar-refractivity contribution in [3.05, 3.63) is 47.7 Å². The molecule has 1 aromatic heterocycles. The maximum atomic E-state index is 11.8. The number of rotatable bonds is 7. The van der Waals surface area contributed by atoms with Crippen LogP contribution in [0.3, 0.4) is 0 Å². The summed E-state index contributed by atoms with van der Waals surface area (Å²) < 4.78 is 9.60. The summed E-state index contributed by atoms with van der Waals surface area (Å²) in [5.74, 6) is -0.480. The van der Waals surface area contributed by atoms with Crippen LogP contribution < -0.4 is 5.32 Å². The molecule has 120 valence electrons. The second kappa shape index (κ2) is 7.88. The molecular formula is C16H16N2O5. The van der Waals surface area contributed by atoms with Crippen LogP contribution >= 0.6 is 0 Å². The van der Waals surface area contributed by atoms with Crippen LogP contribution in [-0.2, 0) is 14.3 Å². The number of anilines is 1. The lowest BCUT2D eigenvalue weighted by atomic mass is 10.1. The van der Waals surface area contributed by atoms with Gasteiger partial charge in [-0.1, -0.05) is 35.5 Å². The van der Waals surface area contributed by atoms with Gasteiger partial charge in [-0.3, -0.25) is 14.4 Å². The van der Waals surface area contributed by atoms with Crippen LogP contribution in [0.1, 0.15) is 29.0 Å². The van der Waals surface area contributed by atoms with E-state index in [-0.39, 0.29) is 24.4 Å². The number of carbonyl (C=O) groups is 3. The fourth-order valence-electron chi connectivity index (χ4n) is 1.81. The van der Waals surface area contributed by atoms with Crippen LogP contribution in [-0.4, -0.2) is 29.4 Å². The lowest BCUT2D eigenvalue weighted by molar-refractivity contribution is -0.147. The minimum atomic E-state index is -0.610. The van der Waals surface area contributed by atoms with Gasteiger partial charge in [-0.15, -0.1) is 0 Å². The number of hydrogen-bond acceptors (Lipinski definition) is 6. The van der Waals surface area contributed by atoms with Crippen molar-refractivity contribution in [1.29, 1.82) is 0 Å². The Morgan fingerprint density at radius 1 is 1.17 bits per heavy atom. The predicted octanol–water partition coefficient (Wildman–Crippen LogP) is 2.13. The first-order valence-electron chi connectivity index (χ1n) is 7.01. The molecule has 1 N–H and O–H groups in total. The minimum Gasteiger partial charge on any atom is -0.456 e. The summed E-state index contributed by atoms with van der Waals surface area (Å²) in [5.41, 5.74) is 0.541. The van der Waals surface area contributed by atoms with Crippen LogP contribution in [0.5, 0.6) is 0 Å². The maximum absolute atomic E-state index is 11.8. The van der Waals surface area contributed by atoms with E-state index in [1.54, 1.807) is 37.3 Å². The lowest BCUT2D eigenvalue weighted by Crippen LogP contribution is -2.21. The molecule has 0 spiro atoms. The van der Waals surface area contributed by atoms with Crippen LogP contribution in [0.15, 0.2) is 40.9 Å². The number of ether oxygens (including phenoxy) is 1. The highest BCUT2D eigenvalue weighted by Crippen LogP contribution is 2.07. The molecule has 0 aliphatic carbocycles. The van der Waals surface area contributed by atoms with Crippen molar-refractivity contribution in [3.8, 4) is 0 Å². The Balaban J connectivity index is 1.68. The van der Waals surface area contributed by atoms with E-state index in [1.165, 1.54) is 6.07 Å². The molecule has 1 heterocycles. The van der Waals surface area contributed by atoms with E-state index in [4.69, 9.17) is 9.26 Å². The molecule has 1 amide bonds. The fourth-order valence-corrected chi connectivity index (χ4v) is 1.81. The molecule has 0 aliphatic rings. The average Bonchev–Trinajstić information content (AvgIpc) is 2.96. The molecule has 2 rings (SSSR count). The first-order chi connectivity index (χ1) is 11.0. The molecule has 0 unspecified atom stereocenters. The Morgan fingerprint density at radius 3 is 2.57 bits per heavy atom. The van der Waals surface area contributed by atoms with E-state index >= 15 is 0 Å². The minimum absolute atomic E-state index is 0.0347. The van der Waals surface area contributed by atoms with Crippen molar-refractivity contribution in [2.45, 2.75) is 19.8 Å². The number of hydrogen-bond donors (Lipinski definition) is 1. The third kappa shape index (κ3) is 5.39. The molecule has 0 radical (unpaired) electrons. The Morgan fingerprint density at radius 2 is 1.91 bits per heavy atom. The highest BCUT2D eigenvalue weighted by Gasteiger charge is 2.12. The first kappa shape index (κ1) is 16.4. The molecule has 2 aromatic rings. The van der Waals surface area contributed by atoms with Gasteiger partial charge in [0, 0.05) is 18.1 Å². The number of Topliss-reactive ketones (excluding diaryl/α,β-unsaturated/α-hetero) is 1. The Labute approximate surface area is 132 Å². The van der Waals surface area contributed by atoms with Crippen molar-refractivity contribution in [3.63, 3.8) is 0 Å². The quantitative estimate of drug-likeness (QED) is 0.620. The zero-order valence-electron chi connectivity index (χ0n) is 12.6. The number of carbonyl (C=O) groups excluding carboxylic acids is 3. The molecule has 0 bridgehead atoms. The van der Waals surface area contributed by atoms with Crippen molar-refractivity contribution in [1.82, 2.24) is 5.16 Å². The molecule has 7 nitrogen and oxygen atoms in total. The SMILES string of the molecule is Cc1cc(NC(=O)COC(=O)CCC(=O)c2ccccc2)no1. The van der Waals surface area contributed by atoms with Crippen molar-refractivity contribution in [2.75, 3.05) is 11.9 Å². The monoisotopic (exact) mass is 316 g/mol. The van der Waals surface area contributed by atoms with E-state index in [9.17, 15) is 14.4 Å². The van der Waals surface area contributed by atoms with Gasteiger partial charge >= 0.3 is 5.97 Å². The first-order valence-corrected chi connectivity index (χ1v) is 7.01. The predicted molar refractivity (Wildman–Crippen MR) is 80.8 cm³/mol. The van der Waals surface area contributed by atoms with E-state index in [1.807, 2.05) is 0 Å². The summed E-state index contributed by atoms with van der Waals surface area (Å²) >= 11 is 0. The maximum Gasteiger partial charge on any atom is 0.306 e. The molecule has 23 heavy (non-hydrogen) atoms. The highest BCUT2D eigenvalue weighted by molar-refractivity contribution is 5.97. The summed E-state index contributed by atoms with van der Waals surface area (Å²) in [6, 6.07) is 10.2. The highest BCUT2D eigenvalue weighted by atomic mass is 16.5. The van der Waals surface area contributed by atoms with Crippen molar-refractivity contribution >= 4 is 23.5 Å². The smallest absolute Gasteiger partial charge is 0.306 e. The van der Waals surface area contributed by atoms with Gasteiger partial charge in [-0.05, 0) is 6.92 Å². The Hall–Kier alpha value is -2.96. The topological polar surface area (TPSA) is 98.5 Å². The third-order valence-electron chi connectivity index (χ3n) is 2.91. The van der Waals surface area contributed by atoms with Crippen LogP contribution in [0.25, 0.3) is 0 Å².